The number of hydrogen-bond acceptors (Lipinski definition) is 6. The number of anilines is 1. The van der Waals surface area contributed by atoms with E-state index in [-0.39, 0.29) is 10.7 Å². The number of thiocarbonyl (C=S) groups is 1. The summed E-state index contributed by atoms with van der Waals surface area (Å²) in [4.78, 5) is 19.6. The van der Waals surface area contributed by atoms with E-state index in [0.29, 0.717) is 43.3 Å². The van der Waals surface area contributed by atoms with Crippen molar-refractivity contribution in [1.29, 1.82) is 0 Å². The fourth-order valence-corrected chi connectivity index (χ4v) is 2.64. The van der Waals surface area contributed by atoms with Crippen LogP contribution < -0.4 is 21.6 Å². The topological polar surface area (TPSA) is 97.2 Å². The number of morpholine rings is 1. The Hall–Kier alpha value is -2.52. The minimum absolute atomic E-state index is 0.0314. The normalized spacial score (nSPS) is 15.1. The van der Waals surface area contributed by atoms with Gasteiger partial charge in [-0.3, -0.25) is 14.6 Å². The van der Waals surface area contributed by atoms with Crippen molar-refractivity contribution in [2.75, 3.05) is 31.2 Å². The van der Waals surface area contributed by atoms with Crippen LogP contribution in [0.2, 0.25) is 0 Å². The molecule has 3 rings (SSSR count). The number of hydrazone groups is 1. The Kier molecular flexibility index (Phi) is 4.72. The van der Waals surface area contributed by atoms with Crippen LogP contribution in [-0.2, 0) is 4.74 Å². The minimum atomic E-state index is -0.196. The standard InChI is InChI=1S/C15H18N6O2S/c1-10-3-2-4-21-12(10)18-13(20-5-7-23-8-6-20)11(14(21)22)9-17-19-15(16)24/h2-4,9H,5-8H2,1H3,(H3,16,19,24)/b17-9+. The van der Waals surface area contributed by atoms with Crippen molar-refractivity contribution in [3.63, 3.8) is 0 Å². The van der Waals surface area contributed by atoms with E-state index in [1.807, 2.05) is 24.0 Å². The molecule has 9 heteroatoms. The predicted octanol–water partition coefficient (Wildman–Crippen LogP) is 0.00662. The average molecular weight is 346 g/mol. The summed E-state index contributed by atoms with van der Waals surface area (Å²) < 4.78 is 6.90. The van der Waals surface area contributed by atoms with Crippen LogP contribution in [0.25, 0.3) is 5.65 Å². The second-order valence-electron chi connectivity index (χ2n) is 5.37. The number of aromatic nitrogens is 2. The highest BCUT2D eigenvalue weighted by molar-refractivity contribution is 7.80. The summed E-state index contributed by atoms with van der Waals surface area (Å²) in [5.41, 5.74) is 9.57. The molecule has 0 saturated carbocycles. The van der Waals surface area contributed by atoms with E-state index < -0.39 is 0 Å². The Bertz CT molecular complexity index is 857. The number of rotatable bonds is 3. The maximum Gasteiger partial charge on any atom is 0.268 e. The van der Waals surface area contributed by atoms with Crippen LogP contribution >= 0.6 is 12.2 Å². The van der Waals surface area contributed by atoms with Crippen LogP contribution in [0.3, 0.4) is 0 Å². The summed E-state index contributed by atoms with van der Waals surface area (Å²) in [6.07, 6.45) is 3.10. The molecule has 2 aromatic heterocycles. The lowest BCUT2D eigenvalue weighted by Gasteiger charge is -2.29. The second-order valence-corrected chi connectivity index (χ2v) is 5.81. The molecule has 0 radical (unpaired) electrons. The molecule has 3 heterocycles. The van der Waals surface area contributed by atoms with Gasteiger partial charge in [0.1, 0.15) is 17.0 Å². The quantitative estimate of drug-likeness (QED) is 0.459. The lowest BCUT2D eigenvalue weighted by molar-refractivity contribution is 0.122. The maximum atomic E-state index is 12.9. The van der Waals surface area contributed by atoms with Gasteiger partial charge in [-0.25, -0.2) is 4.98 Å². The lowest BCUT2D eigenvalue weighted by atomic mass is 10.2. The number of hydrogen-bond donors (Lipinski definition) is 2. The molecule has 0 unspecified atom stereocenters. The van der Waals surface area contributed by atoms with Crippen molar-refractivity contribution in [3.8, 4) is 0 Å². The fourth-order valence-electron chi connectivity index (χ4n) is 2.59. The molecule has 3 N–H and O–H groups in total. The molecule has 8 nitrogen and oxygen atoms in total. The van der Waals surface area contributed by atoms with Crippen LogP contribution in [0.4, 0.5) is 5.82 Å². The van der Waals surface area contributed by atoms with E-state index in [1.54, 1.807) is 6.20 Å². The molecule has 2 aromatic rings. The average Bonchev–Trinajstić information content (AvgIpc) is 2.58. The number of nitrogens with zero attached hydrogens (tertiary/aromatic N) is 4. The molecule has 1 saturated heterocycles. The summed E-state index contributed by atoms with van der Waals surface area (Å²) in [6.45, 7) is 4.44. The van der Waals surface area contributed by atoms with Gasteiger partial charge in [-0.2, -0.15) is 5.10 Å². The first kappa shape index (κ1) is 16.3. The molecule has 1 aliphatic rings. The third-order valence-corrected chi connectivity index (χ3v) is 3.83. The molecule has 126 valence electrons. The van der Waals surface area contributed by atoms with Crippen molar-refractivity contribution in [2.24, 2.45) is 10.8 Å². The summed E-state index contributed by atoms with van der Waals surface area (Å²) in [6, 6.07) is 3.74. The highest BCUT2D eigenvalue weighted by Gasteiger charge is 2.20. The van der Waals surface area contributed by atoms with Crippen molar-refractivity contribution in [1.82, 2.24) is 14.8 Å². The molecular formula is C15H18N6O2S. The SMILES string of the molecule is Cc1cccn2c(=O)c(/C=N/NC(N)=S)c(N3CCOCC3)nc12. The molecule has 0 aromatic carbocycles. The van der Waals surface area contributed by atoms with Crippen LogP contribution in [0.5, 0.6) is 0 Å². The zero-order valence-electron chi connectivity index (χ0n) is 13.2. The molecule has 0 amide bonds. The van der Waals surface area contributed by atoms with E-state index in [0.717, 1.165) is 5.56 Å². The van der Waals surface area contributed by atoms with Crippen molar-refractivity contribution in [2.45, 2.75) is 6.92 Å². The molecule has 0 bridgehead atoms. The number of nitrogens with one attached hydrogen (secondary N) is 1. The number of nitrogens with two attached hydrogens (primary N) is 1. The number of aryl methyl sites for hydroxylation is 1. The van der Waals surface area contributed by atoms with E-state index in [9.17, 15) is 4.79 Å². The van der Waals surface area contributed by atoms with Gasteiger partial charge in [-0.15, -0.1) is 0 Å². The van der Waals surface area contributed by atoms with Crippen molar-refractivity contribution in [3.05, 3.63) is 39.8 Å². The van der Waals surface area contributed by atoms with E-state index in [4.69, 9.17) is 27.7 Å². The Labute approximate surface area is 143 Å². The van der Waals surface area contributed by atoms with Gasteiger partial charge in [0, 0.05) is 19.3 Å². The Morgan fingerprint density at radius 1 is 1.50 bits per heavy atom. The van der Waals surface area contributed by atoms with Gasteiger partial charge in [0.05, 0.1) is 19.4 Å². The number of ether oxygens (including phenoxy) is 1. The molecule has 1 fully saturated rings. The summed E-state index contributed by atoms with van der Waals surface area (Å²) in [5, 5.41) is 3.97. The van der Waals surface area contributed by atoms with Crippen LogP contribution in [0.1, 0.15) is 11.1 Å². The summed E-state index contributed by atoms with van der Waals surface area (Å²) in [7, 11) is 0. The molecule has 0 aliphatic carbocycles. The molecule has 1 aliphatic heterocycles. The zero-order chi connectivity index (χ0) is 17.1. The van der Waals surface area contributed by atoms with Crippen LogP contribution in [0, 0.1) is 6.92 Å². The Morgan fingerprint density at radius 2 is 2.25 bits per heavy atom. The summed E-state index contributed by atoms with van der Waals surface area (Å²) in [5.74, 6) is 0.589. The Balaban J connectivity index is 2.17. The highest BCUT2D eigenvalue weighted by atomic mass is 32.1. The van der Waals surface area contributed by atoms with E-state index in [2.05, 4.69) is 10.5 Å². The van der Waals surface area contributed by atoms with Gasteiger partial charge in [0.15, 0.2) is 5.11 Å². The fraction of sp³-hybridized carbons (Fsp3) is 0.333. The largest absolute Gasteiger partial charge is 0.378 e. The van der Waals surface area contributed by atoms with Gasteiger partial charge in [0.2, 0.25) is 0 Å². The highest BCUT2D eigenvalue weighted by Crippen LogP contribution is 2.17. The first-order valence-corrected chi connectivity index (χ1v) is 7.92. The van der Waals surface area contributed by atoms with Gasteiger partial charge < -0.3 is 15.4 Å². The van der Waals surface area contributed by atoms with Gasteiger partial charge >= 0.3 is 0 Å². The van der Waals surface area contributed by atoms with Gasteiger partial charge in [0.25, 0.3) is 5.56 Å². The van der Waals surface area contributed by atoms with E-state index in [1.165, 1.54) is 10.6 Å². The molecule has 24 heavy (non-hydrogen) atoms. The molecule has 0 atom stereocenters. The van der Waals surface area contributed by atoms with E-state index >= 15 is 0 Å². The third-order valence-electron chi connectivity index (χ3n) is 3.74. The molecular weight excluding hydrogens is 328 g/mol. The van der Waals surface area contributed by atoms with Crippen LogP contribution in [-0.4, -0.2) is 47.0 Å². The summed E-state index contributed by atoms with van der Waals surface area (Å²) >= 11 is 4.72. The van der Waals surface area contributed by atoms with Crippen molar-refractivity contribution < 1.29 is 4.74 Å². The minimum Gasteiger partial charge on any atom is -0.378 e. The van der Waals surface area contributed by atoms with Crippen molar-refractivity contribution >= 4 is 35.0 Å². The first-order valence-electron chi connectivity index (χ1n) is 7.51. The maximum absolute atomic E-state index is 12.9. The number of fused-ring (bicyclic) bond motifs is 1. The van der Waals surface area contributed by atoms with Gasteiger partial charge in [-0.1, -0.05) is 6.07 Å². The lowest BCUT2D eigenvalue weighted by Crippen LogP contribution is -2.39. The smallest absolute Gasteiger partial charge is 0.268 e. The third kappa shape index (κ3) is 3.22. The second kappa shape index (κ2) is 6.93. The van der Waals surface area contributed by atoms with Crippen LogP contribution in [0.15, 0.2) is 28.2 Å². The zero-order valence-corrected chi connectivity index (χ0v) is 14.0. The Morgan fingerprint density at radius 3 is 2.96 bits per heavy atom. The number of pyridine rings is 1. The molecule has 0 spiro atoms. The predicted molar refractivity (Wildman–Crippen MR) is 96.7 cm³/mol. The van der Waals surface area contributed by atoms with Gasteiger partial charge in [-0.05, 0) is 30.8 Å². The monoisotopic (exact) mass is 346 g/mol. The first-order chi connectivity index (χ1) is 11.6.